The third-order valence-electron chi connectivity index (χ3n) is 5.03. The Bertz CT molecular complexity index is 1230. The van der Waals surface area contributed by atoms with Gasteiger partial charge in [0.25, 0.3) is 5.69 Å². The van der Waals surface area contributed by atoms with Gasteiger partial charge in [-0.1, -0.05) is 23.8 Å². The minimum atomic E-state index is -0.442. The Labute approximate surface area is 211 Å². The zero-order valence-corrected chi connectivity index (χ0v) is 21.2. The number of methoxy groups -OCH3 is 1. The van der Waals surface area contributed by atoms with E-state index in [9.17, 15) is 14.9 Å². The van der Waals surface area contributed by atoms with Crippen LogP contribution in [0.25, 0.3) is 0 Å². The van der Waals surface area contributed by atoms with Gasteiger partial charge in [-0.3, -0.25) is 14.9 Å². The van der Waals surface area contributed by atoms with Gasteiger partial charge in [-0.05, 0) is 83.0 Å². The Hall–Kier alpha value is -3.47. The van der Waals surface area contributed by atoms with Crippen molar-refractivity contribution in [3.05, 3.63) is 96.1 Å². The van der Waals surface area contributed by atoms with Crippen LogP contribution in [0.1, 0.15) is 27.8 Å². The zero-order valence-electron chi connectivity index (χ0n) is 19.0. The molecule has 34 heavy (non-hydrogen) atoms. The smallest absolute Gasteiger partial charge is 0.269 e. The fourth-order valence-electron chi connectivity index (χ4n) is 3.26. The Kier molecular flexibility index (Phi) is 8.58. The monoisotopic (exact) mass is 573 g/mol. The number of amides is 1. The van der Waals surface area contributed by atoms with Gasteiger partial charge >= 0.3 is 0 Å². The van der Waals surface area contributed by atoms with Crippen LogP contribution in [0.5, 0.6) is 11.5 Å². The van der Waals surface area contributed by atoms with Crippen LogP contribution in [0.15, 0.2) is 59.7 Å². The lowest BCUT2D eigenvalue weighted by molar-refractivity contribution is -0.384. The van der Waals surface area contributed by atoms with Crippen LogP contribution in [0.2, 0.25) is 0 Å². The maximum atomic E-state index is 12.3. The van der Waals surface area contributed by atoms with E-state index in [2.05, 4.69) is 33.1 Å². The number of hydrogen-bond acceptors (Lipinski definition) is 6. The molecule has 0 fully saturated rings. The SMILES string of the molecule is COc1cc(/C=N/NC(=O)Cc2ccc(C)cc2C)cc(I)c1OCc1ccc([N+](=O)[O-])cc1. The number of nitrogens with zero attached hydrogens (tertiary/aromatic N) is 2. The summed E-state index contributed by atoms with van der Waals surface area (Å²) in [5, 5.41) is 14.9. The lowest BCUT2D eigenvalue weighted by atomic mass is 10.0. The highest BCUT2D eigenvalue weighted by molar-refractivity contribution is 14.1. The third kappa shape index (κ3) is 6.77. The first-order chi connectivity index (χ1) is 16.3. The molecule has 0 heterocycles. The summed E-state index contributed by atoms with van der Waals surface area (Å²) in [6.45, 7) is 4.23. The molecule has 0 bridgehead atoms. The number of nitro benzene ring substituents is 1. The number of nitro groups is 1. The van der Waals surface area contributed by atoms with Gasteiger partial charge in [0.1, 0.15) is 6.61 Å². The van der Waals surface area contributed by atoms with Crippen molar-refractivity contribution in [1.29, 1.82) is 0 Å². The summed E-state index contributed by atoms with van der Waals surface area (Å²) >= 11 is 2.13. The molecule has 3 aromatic rings. The van der Waals surface area contributed by atoms with E-state index in [0.29, 0.717) is 11.5 Å². The highest BCUT2D eigenvalue weighted by atomic mass is 127. The van der Waals surface area contributed by atoms with Gasteiger partial charge in [-0.2, -0.15) is 5.10 Å². The summed E-state index contributed by atoms with van der Waals surface area (Å²) in [5.41, 5.74) is 7.30. The number of hydrogen-bond donors (Lipinski definition) is 1. The lowest BCUT2D eigenvalue weighted by Gasteiger charge is -2.13. The zero-order chi connectivity index (χ0) is 24.7. The first-order valence-electron chi connectivity index (χ1n) is 10.4. The fourth-order valence-corrected chi connectivity index (χ4v) is 4.04. The molecule has 0 aromatic heterocycles. The predicted octanol–water partition coefficient (Wildman–Crippen LogP) is 5.10. The predicted molar refractivity (Wildman–Crippen MR) is 138 cm³/mol. The Morgan fingerprint density at radius 3 is 2.53 bits per heavy atom. The van der Waals surface area contributed by atoms with Crippen LogP contribution in [-0.2, 0) is 17.8 Å². The van der Waals surface area contributed by atoms with E-state index in [4.69, 9.17) is 9.47 Å². The average molecular weight is 573 g/mol. The van der Waals surface area contributed by atoms with Gasteiger partial charge in [-0.25, -0.2) is 5.43 Å². The van der Waals surface area contributed by atoms with Crippen LogP contribution in [-0.4, -0.2) is 24.2 Å². The summed E-state index contributed by atoms with van der Waals surface area (Å²) in [6.07, 6.45) is 1.80. The molecule has 176 valence electrons. The molecule has 3 rings (SSSR count). The first kappa shape index (κ1) is 25.2. The van der Waals surface area contributed by atoms with E-state index in [1.807, 2.05) is 38.1 Å². The van der Waals surface area contributed by atoms with E-state index in [0.717, 1.165) is 31.4 Å². The van der Waals surface area contributed by atoms with Gasteiger partial charge in [0.15, 0.2) is 11.5 Å². The quantitative estimate of drug-likeness (QED) is 0.166. The Morgan fingerprint density at radius 1 is 1.15 bits per heavy atom. The third-order valence-corrected chi connectivity index (χ3v) is 5.84. The molecule has 0 saturated heterocycles. The van der Waals surface area contributed by atoms with Crippen molar-refractivity contribution in [2.45, 2.75) is 26.9 Å². The molecular formula is C25H24IN3O5. The van der Waals surface area contributed by atoms with Crippen molar-refractivity contribution in [1.82, 2.24) is 5.43 Å². The molecule has 1 N–H and O–H groups in total. The van der Waals surface area contributed by atoms with E-state index in [1.165, 1.54) is 19.2 Å². The number of halogens is 1. The Morgan fingerprint density at radius 2 is 1.88 bits per heavy atom. The minimum absolute atomic E-state index is 0.0284. The molecule has 0 aliphatic rings. The highest BCUT2D eigenvalue weighted by Crippen LogP contribution is 2.34. The topological polar surface area (TPSA) is 103 Å². The second kappa shape index (κ2) is 11.6. The number of hydrazone groups is 1. The molecular weight excluding hydrogens is 549 g/mol. The number of ether oxygens (including phenoxy) is 2. The largest absolute Gasteiger partial charge is 0.493 e. The number of benzene rings is 3. The normalized spacial score (nSPS) is 10.8. The summed E-state index contributed by atoms with van der Waals surface area (Å²) in [4.78, 5) is 22.6. The molecule has 0 atom stereocenters. The number of non-ortho nitro benzene ring substituents is 1. The highest BCUT2D eigenvalue weighted by Gasteiger charge is 2.12. The van der Waals surface area contributed by atoms with Gasteiger partial charge in [-0.15, -0.1) is 0 Å². The van der Waals surface area contributed by atoms with Crippen molar-refractivity contribution >= 4 is 40.4 Å². The minimum Gasteiger partial charge on any atom is -0.493 e. The van der Waals surface area contributed by atoms with Crippen molar-refractivity contribution in [3.8, 4) is 11.5 Å². The molecule has 0 aliphatic heterocycles. The van der Waals surface area contributed by atoms with E-state index >= 15 is 0 Å². The molecule has 9 heteroatoms. The fraction of sp³-hybridized carbons (Fsp3) is 0.200. The standard InChI is InChI=1S/C25H24IN3O5/c1-16-4-7-20(17(2)10-16)13-24(30)28-27-14-19-11-22(26)25(23(12-19)33-3)34-15-18-5-8-21(9-6-18)29(31)32/h4-12,14H,13,15H2,1-3H3,(H,28,30)/b27-14+. The van der Waals surface area contributed by atoms with E-state index < -0.39 is 4.92 Å². The Balaban J connectivity index is 1.63. The summed E-state index contributed by atoms with van der Waals surface area (Å²) in [5.74, 6) is 0.863. The molecule has 0 saturated carbocycles. The summed E-state index contributed by atoms with van der Waals surface area (Å²) < 4.78 is 12.2. The summed E-state index contributed by atoms with van der Waals surface area (Å²) in [7, 11) is 1.54. The summed E-state index contributed by atoms with van der Waals surface area (Å²) in [6, 6.07) is 15.8. The van der Waals surface area contributed by atoms with Gasteiger partial charge in [0, 0.05) is 12.1 Å². The van der Waals surface area contributed by atoms with Crippen LogP contribution < -0.4 is 14.9 Å². The number of rotatable bonds is 9. The molecule has 0 aliphatic carbocycles. The van der Waals surface area contributed by atoms with Crippen molar-refractivity contribution in [2.75, 3.05) is 7.11 Å². The van der Waals surface area contributed by atoms with Crippen molar-refractivity contribution in [2.24, 2.45) is 5.10 Å². The molecule has 3 aromatic carbocycles. The molecule has 0 radical (unpaired) electrons. The van der Waals surface area contributed by atoms with Crippen molar-refractivity contribution < 1.29 is 19.2 Å². The van der Waals surface area contributed by atoms with Crippen LogP contribution in [0.4, 0.5) is 5.69 Å². The number of carbonyl (C=O) groups excluding carboxylic acids is 1. The number of nitrogens with one attached hydrogen (secondary N) is 1. The van der Waals surface area contributed by atoms with E-state index in [-0.39, 0.29) is 24.6 Å². The van der Waals surface area contributed by atoms with Gasteiger partial charge in [0.05, 0.1) is 28.2 Å². The lowest BCUT2D eigenvalue weighted by Crippen LogP contribution is -2.20. The van der Waals surface area contributed by atoms with Crippen LogP contribution >= 0.6 is 22.6 Å². The maximum absolute atomic E-state index is 12.3. The van der Waals surface area contributed by atoms with E-state index in [1.54, 1.807) is 24.4 Å². The molecule has 0 spiro atoms. The molecule has 1 amide bonds. The van der Waals surface area contributed by atoms with Crippen LogP contribution in [0.3, 0.4) is 0 Å². The molecule has 8 nitrogen and oxygen atoms in total. The average Bonchev–Trinajstić information content (AvgIpc) is 2.80. The van der Waals surface area contributed by atoms with Gasteiger partial charge < -0.3 is 9.47 Å². The van der Waals surface area contributed by atoms with Crippen molar-refractivity contribution in [3.63, 3.8) is 0 Å². The second-order valence-electron chi connectivity index (χ2n) is 7.65. The van der Waals surface area contributed by atoms with Crippen LogP contribution in [0, 0.1) is 27.5 Å². The first-order valence-corrected chi connectivity index (χ1v) is 11.5. The van der Waals surface area contributed by atoms with Gasteiger partial charge in [0.2, 0.25) is 5.91 Å². The number of aryl methyl sites for hydroxylation is 2. The molecule has 0 unspecified atom stereocenters. The second-order valence-corrected chi connectivity index (χ2v) is 8.81. The number of carbonyl (C=O) groups is 1. The maximum Gasteiger partial charge on any atom is 0.269 e.